The third kappa shape index (κ3) is 4.22. The molecule has 0 aliphatic rings. The van der Waals surface area contributed by atoms with Crippen molar-refractivity contribution in [3.63, 3.8) is 0 Å². The standard InChI is InChI=1S/C15H15ClN2O4S/c1-10-3-6-12(7-4-10)23(20,21)18-17-15(19)13-9-11(16)5-8-14(13)22-2/h3-9,18H,1-2H3,(H,17,19). The molecular weight excluding hydrogens is 340 g/mol. The molecule has 2 aromatic carbocycles. The van der Waals surface area contributed by atoms with Gasteiger partial charge in [0.05, 0.1) is 17.6 Å². The van der Waals surface area contributed by atoms with Gasteiger partial charge in [-0.3, -0.25) is 10.2 Å². The summed E-state index contributed by atoms with van der Waals surface area (Å²) >= 11 is 5.84. The van der Waals surface area contributed by atoms with Crippen LogP contribution in [0.15, 0.2) is 47.4 Å². The third-order valence-corrected chi connectivity index (χ3v) is 4.54. The zero-order valence-corrected chi connectivity index (χ0v) is 14.0. The molecule has 1 amide bonds. The smallest absolute Gasteiger partial charge is 0.270 e. The Morgan fingerprint density at radius 1 is 1.13 bits per heavy atom. The fraction of sp³-hybridized carbons (Fsp3) is 0.133. The Morgan fingerprint density at radius 3 is 2.39 bits per heavy atom. The second-order valence-corrected chi connectivity index (χ2v) is 6.84. The Hall–Kier alpha value is -2.09. The summed E-state index contributed by atoms with van der Waals surface area (Å²) in [4.78, 5) is 14.2. The quantitative estimate of drug-likeness (QED) is 0.807. The first kappa shape index (κ1) is 17.3. The third-order valence-electron chi connectivity index (χ3n) is 3.04. The van der Waals surface area contributed by atoms with E-state index in [1.807, 2.05) is 11.8 Å². The number of aryl methyl sites for hydroxylation is 1. The number of rotatable bonds is 5. The summed E-state index contributed by atoms with van der Waals surface area (Å²) in [7, 11) is -2.47. The largest absolute Gasteiger partial charge is 0.496 e. The van der Waals surface area contributed by atoms with Gasteiger partial charge in [0.1, 0.15) is 5.75 Å². The van der Waals surface area contributed by atoms with Crippen molar-refractivity contribution >= 4 is 27.5 Å². The van der Waals surface area contributed by atoms with Crippen LogP contribution in [0.4, 0.5) is 0 Å². The number of halogens is 1. The van der Waals surface area contributed by atoms with Gasteiger partial charge in [0.15, 0.2) is 0 Å². The van der Waals surface area contributed by atoms with Crippen LogP contribution in [0.25, 0.3) is 0 Å². The lowest BCUT2D eigenvalue weighted by Gasteiger charge is -2.11. The number of nitrogens with one attached hydrogen (secondary N) is 2. The lowest BCUT2D eigenvalue weighted by Crippen LogP contribution is -2.41. The van der Waals surface area contributed by atoms with Crippen LogP contribution in [0.1, 0.15) is 15.9 Å². The Labute approximate surface area is 139 Å². The van der Waals surface area contributed by atoms with Gasteiger partial charge < -0.3 is 4.74 Å². The molecule has 0 aliphatic carbocycles. The van der Waals surface area contributed by atoms with Gasteiger partial charge >= 0.3 is 0 Å². The molecule has 0 spiro atoms. The van der Waals surface area contributed by atoms with Crippen molar-refractivity contribution in [1.82, 2.24) is 10.3 Å². The molecule has 2 N–H and O–H groups in total. The van der Waals surface area contributed by atoms with E-state index in [0.717, 1.165) is 5.56 Å². The van der Waals surface area contributed by atoms with Crippen molar-refractivity contribution in [1.29, 1.82) is 0 Å². The Bertz CT molecular complexity index is 820. The van der Waals surface area contributed by atoms with Gasteiger partial charge in [0, 0.05) is 5.02 Å². The Morgan fingerprint density at radius 2 is 1.78 bits per heavy atom. The highest BCUT2D eigenvalue weighted by atomic mass is 35.5. The summed E-state index contributed by atoms with van der Waals surface area (Å²) in [5.74, 6) is -0.401. The lowest BCUT2D eigenvalue weighted by atomic mass is 10.2. The van der Waals surface area contributed by atoms with E-state index in [-0.39, 0.29) is 16.2 Å². The first-order chi connectivity index (χ1) is 10.8. The molecule has 2 rings (SSSR count). The lowest BCUT2D eigenvalue weighted by molar-refractivity contribution is 0.0942. The van der Waals surface area contributed by atoms with Crippen LogP contribution in [-0.4, -0.2) is 21.4 Å². The molecule has 0 saturated carbocycles. The van der Waals surface area contributed by atoms with Gasteiger partial charge in [0.25, 0.3) is 15.9 Å². The zero-order chi connectivity index (χ0) is 17.0. The van der Waals surface area contributed by atoms with E-state index in [0.29, 0.717) is 5.02 Å². The van der Waals surface area contributed by atoms with Crippen molar-refractivity contribution in [2.45, 2.75) is 11.8 Å². The molecule has 0 heterocycles. The maximum atomic E-state index is 12.1. The van der Waals surface area contributed by atoms with Crippen molar-refractivity contribution in [3.05, 3.63) is 58.6 Å². The van der Waals surface area contributed by atoms with Crippen LogP contribution in [0.3, 0.4) is 0 Å². The van der Waals surface area contributed by atoms with Crippen molar-refractivity contribution < 1.29 is 17.9 Å². The Balaban J connectivity index is 2.15. The highest BCUT2D eigenvalue weighted by Gasteiger charge is 2.18. The molecule has 0 atom stereocenters. The molecule has 2 aromatic rings. The van der Waals surface area contributed by atoms with Crippen LogP contribution in [0.5, 0.6) is 5.75 Å². The van der Waals surface area contributed by atoms with E-state index in [1.165, 1.54) is 31.4 Å². The average Bonchev–Trinajstić information content (AvgIpc) is 2.53. The van der Waals surface area contributed by atoms with Crippen molar-refractivity contribution in [3.8, 4) is 5.75 Å². The van der Waals surface area contributed by atoms with Crippen LogP contribution < -0.4 is 15.0 Å². The summed E-state index contributed by atoms with van der Waals surface area (Å²) in [5, 5.41) is 0.331. The van der Waals surface area contributed by atoms with Crippen molar-refractivity contribution in [2.75, 3.05) is 7.11 Å². The number of hydrogen-bond donors (Lipinski definition) is 2. The minimum absolute atomic E-state index is 0.0430. The molecule has 8 heteroatoms. The molecule has 0 fully saturated rings. The number of sulfonamides is 1. The molecule has 0 aromatic heterocycles. The molecule has 0 radical (unpaired) electrons. The maximum Gasteiger partial charge on any atom is 0.270 e. The molecular formula is C15H15ClN2O4S. The number of ether oxygens (including phenoxy) is 1. The zero-order valence-electron chi connectivity index (χ0n) is 12.5. The minimum Gasteiger partial charge on any atom is -0.496 e. The summed E-state index contributed by atoms with van der Waals surface area (Å²) < 4.78 is 29.3. The van der Waals surface area contributed by atoms with Crippen LogP contribution in [0.2, 0.25) is 5.02 Å². The molecule has 6 nitrogen and oxygen atoms in total. The van der Waals surface area contributed by atoms with Crippen LogP contribution in [-0.2, 0) is 10.0 Å². The minimum atomic E-state index is -3.87. The van der Waals surface area contributed by atoms with E-state index in [2.05, 4.69) is 5.43 Å². The fourth-order valence-electron chi connectivity index (χ4n) is 1.81. The molecule has 0 aliphatic heterocycles. The van der Waals surface area contributed by atoms with E-state index < -0.39 is 15.9 Å². The van der Waals surface area contributed by atoms with Gasteiger partial charge in [-0.1, -0.05) is 29.3 Å². The number of hydrazine groups is 1. The average molecular weight is 355 g/mol. The van der Waals surface area contributed by atoms with Gasteiger partial charge in [-0.05, 0) is 37.3 Å². The maximum absolute atomic E-state index is 12.1. The molecule has 122 valence electrons. The first-order valence-electron chi connectivity index (χ1n) is 6.56. The van der Waals surface area contributed by atoms with Gasteiger partial charge in [-0.15, -0.1) is 4.83 Å². The number of carbonyl (C=O) groups is 1. The second kappa shape index (κ2) is 6.99. The molecule has 0 saturated heterocycles. The number of amides is 1. The van der Waals surface area contributed by atoms with Gasteiger partial charge in [0.2, 0.25) is 0 Å². The number of carbonyl (C=O) groups excluding carboxylic acids is 1. The van der Waals surface area contributed by atoms with E-state index in [4.69, 9.17) is 16.3 Å². The molecule has 0 unspecified atom stereocenters. The number of hydrogen-bond acceptors (Lipinski definition) is 4. The number of methoxy groups -OCH3 is 1. The highest BCUT2D eigenvalue weighted by molar-refractivity contribution is 7.89. The number of benzene rings is 2. The predicted octanol–water partition coefficient (Wildman–Crippen LogP) is 2.28. The van der Waals surface area contributed by atoms with Gasteiger partial charge in [-0.2, -0.15) is 0 Å². The summed E-state index contributed by atoms with van der Waals surface area (Å²) in [6.07, 6.45) is 0. The fourth-order valence-corrected chi connectivity index (χ4v) is 2.83. The first-order valence-corrected chi connectivity index (χ1v) is 8.42. The van der Waals surface area contributed by atoms with E-state index >= 15 is 0 Å². The van der Waals surface area contributed by atoms with Crippen LogP contribution >= 0.6 is 11.6 Å². The topological polar surface area (TPSA) is 84.5 Å². The predicted molar refractivity (Wildman–Crippen MR) is 87.0 cm³/mol. The normalized spacial score (nSPS) is 11.1. The monoisotopic (exact) mass is 354 g/mol. The Kier molecular flexibility index (Phi) is 5.25. The highest BCUT2D eigenvalue weighted by Crippen LogP contribution is 2.22. The summed E-state index contributed by atoms with van der Waals surface area (Å²) in [6.45, 7) is 1.84. The summed E-state index contributed by atoms with van der Waals surface area (Å²) in [5.41, 5.74) is 3.18. The van der Waals surface area contributed by atoms with E-state index in [1.54, 1.807) is 18.2 Å². The van der Waals surface area contributed by atoms with Gasteiger partial charge in [-0.25, -0.2) is 8.42 Å². The summed E-state index contributed by atoms with van der Waals surface area (Å²) in [6, 6.07) is 10.7. The molecule has 23 heavy (non-hydrogen) atoms. The second-order valence-electron chi connectivity index (χ2n) is 4.72. The van der Waals surface area contributed by atoms with Crippen molar-refractivity contribution in [2.24, 2.45) is 0 Å². The van der Waals surface area contributed by atoms with Crippen LogP contribution in [0, 0.1) is 6.92 Å². The SMILES string of the molecule is COc1ccc(Cl)cc1C(=O)NNS(=O)(=O)c1ccc(C)cc1. The van der Waals surface area contributed by atoms with E-state index in [9.17, 15) is 13.2 Å². The molecule has 0 bridgehead atoms.